The normalized spacial score (nSPS) is 13.4. The number of benzene rings is 1. The van der Waals surface area contributed by atoms with E-state index < -0.39 is 22.0 Å². The van der Waals surface area contributed by atoms with Gasteiger partial charge in [0.1, 0.15) is 6.04 Å². The topological polar surface area (TPSA) is 83.5 Å². The lowest BCUT2D eigenvalue weighted by Crippen LogP contribution is -2.38. The Kier molecular flexibility index (Phi) is 3.90. The fraction of sp³-hybridized carbons (Fsp3) is 0.364. The molecule has 1 aromatic carbocycles. The number of aliphatic carboxylic acids is 1. The number of carboxylic acid groups (broad SMARTS) is 1. The van der Waals surface area contributed by atoms with Crippen LogP contribution in [0.2, 0.25) is 0 Å². The summed E-state index contributed by atoms with van der Waals surface area (Å²) >= 11 is 0. The quantitative estimate of drug-likeness (QED) is 0.844. The second-order valence-corrected chi connectivity index (χ2v) is 5.63. The van der Waals surface area contributed by atoms with E-state index in [0.717, 1.165) is 5.56 Å². The fourth-order valence-electron chi connectivity index (χ4n) is 1.45. The van der Waals surface area contributed by atoms with Crippen LogP contribution in [0.4, 0.5) is 0 Å². The van der Waals surface area contributed by atoms with Crippen molar-refractivity contribution in [3.63, 3.8) is 0 Å². The zero-order chi connectivity index (χ0) is 13.2. The molecule has 0 saturated heterocycles. The van der Waals surface area contributed by atoms with Crippen molar-refractivity contribution < 1.29 is 18.3 Å². The summed E-state index contributed by atoms with van der Waals surface area (Å²) in [5, 5.41) is 8.68. The molecule has 0 heterocycles. The average Bonchev–Trinajstić information content (AvgIpc) is 2.15. The van der Waals surface area contributed by atoms with Crippen molar-refractivity contribution in [2.75, 3.05) is 0 Å². The van der Waals surface area contributed by atoms with Gasteiger partial charge in [0.05, 0.1) is 4.90 Å². The first-order valence-electron chi connectivity index (χ1n) is 5.06. The number of hydrogen-bond acceptors (Lipinski definition) is 3. The maximum Gasteiger partial charge on any atom is 0.321 e. The molecule has 0 aromatic heterocycles. The summed E-state index contributed by atoms with van der Waals surface area (Å²) in [4.78, 5) is 10.7. The zero-order valence-electron chi connectivity index (χ0n) is 9.89. The van der Waals surface area contributed by atoms with E-state index in [2.05, 4.69) is 4.72 Å². The van der Waals surface area contributed by atoms with Gasteiger partial charge >= 0.3 is 5.97 Å². The third kappa shape index (κ3) is 3.28. The molecule has 0 aliphatic carbocycles. The van der Waals surface area contributed by atoms with Crippen LogP contribution in [0.15, 0.2) is 23.1 Å². The van der Waals surface area contributed by atoms with Crippen LogP contribution in [0.25, 0.3) is 0 Å². The van der Waals surface area contributed by atoms with Crippen LogP contribution in [0.3, 0.4) is 0 Å². The lowest BCUT2D eigenvalue weighted by atomic mass is 10.2. The maximum absolute atomic E-state index is 11.9. The van der Waals surface area contributed by atoms with Crippen molar-refractivity contribution >= 4 is 16.0 Å². The van der Waals surface area contributed by atoms with Crippen LogP contribution in [-0.4, -0.2) is 25.5 Å². The summed E-state index contributed by atoms with van der Waals surface area (Å²) in [5.74, 6) is -1.21. The molecular weight excluding hydrogens is 242 g/mol. The summed E-state index contributed by atoms with van der Waals surface area (Å²) in [5.41, 5.74) is 1.54. The Labute approximate surface area is 101 Å². The Morgan fingerprint density at radius 3 is 2.41 bits per heavy atom. The summed E-state index contributed by atoms with van der Waals surface area (Å²) < 4.78 is 25.9. The van der Waals surface area contributed by atoms with Crippen molar-refractivity contribution in [2.45, 2.75) is 31.7 Å². The minimum Gasteiger partial charge on any atom is -0.480 e. The zero-order valence-corrected chi connectivity index (χ0v) is 10.7. The minimum atomic E-state index is -3.78. The van der Waals surface area contributed by atoms with Gasteiger partial charge in [0.2, 0.25) is 10.0 Å². The van der Waals surface area contributed by atoms with Gasteiger partial charge < -0.3 is 5.11 Å². The fourth-order valence-corrected chi connectivity index (χ4v) is 2.87. The van der Waals surface area contributed by atoms with E-state index in [4.69, 9.17) is 5.11 Å². The molecule has 0 unspecified atom stereocenters. The number of hydrogen-bond donors (Lipinski definition) is 2. The molecule has 1 aromatic rings. The molecule has 0 amide bonds. The second-order valence-electron chi connectivity index (χ2n) is 3.95. The van der Waals surface area contributed by atoms with E-state index in [9.17, 15) is 13.2 Å². The SMILES string of the molecule is Cc1ccc(S(=O)(=O)N[C@@H](C)C(=O)O)c(C)c1. The van der Waals surface area contributed by atoms with Crippen molar-refractivity contribution in [1.82, 2.24) is 4.72 Å². The minimum absolute atomic E-state index is 0.108. The molecule has 5 nitrogen and oxygen atoms in total. The van der Waals surface area contributed by atoms with E-state index >= 15 is 0 Å². The molecule has 0 bridgehead atoms. The Balaban J connectivity index is 3.10. The van der Waals surface area contributed by atoms with Crippen molar-refractivity contribution in [2.24, 2.45) is 0 Å². The van der Waals surface area contributed by atoms with Crippen LogP contribution >= 0.6 is 0 Å². The highest BCUT2D eigenvalue weighted by atomic mass is 32.2. The van der Waals surface area contributed by atoms with Crippen molar-refractivity contribution in [1.29, 1.82) is 0 Å². The molecule has 0 aliphatic rings. The summed E-state index contributed by atoms with van der Waals surface area (Å²) in [6, 6.07) is 3.73. The van der Waals surface area contributed by atoms with E-state index in [1.165, 1.54) is 13.0 Å². The highest BCUT2D eigenvalue weighted by molar-refractivity contribution is 7.89. The van der Waals surface area contributed by atoms with E-state index in [1.807, 2.05) is 6.92 Å². The van der Waals surface area contributed by atoms with Gasteiger partial charge in [-0.15, -0.1) is 0 Å². The van der Waals surface area contributed by atoms with E-state index in [-0.39, 0.29) is 4.90 Å². The van der Waals surface area contributed by atoms with E-state index in [1.54, 1.807) is 19.1 Å². The van der Waals surface area contributed by atoms with Gasteiger partial charge in [-0.25, -0.2) is 8.42 Å². The molecule has 0 spiro atoms. The largest absolute Gasteiger partial charge is 0.480 e. The molecule has 0 radical (unpaired) electrons. The van der Waals surface area contributed by atoms with Gasteiger partial charge in [0.15, 0.2) is 0 Å². The van der Waals surface area contributed by atoms with Gasteiger partial charge in [-0.1, -0.05) is 17.7 Å². The van der Waals surface area contributed by atoms with Gasteiger partial charge in [0, 0.05) is 0 Å². The predicted molar refractivity (Wildman–Crippen MR) is 63.3 cm³/mol. The number of nitrogens with one attached hydrogen (secondary N) is 1. The molecule has 0 fully saturated rings. The average molecular weight is 257 g/mol. The number of sulfonamides is 1. The van der Waals surface area contributed by atoms with Gasteiger partial charge in [-0.2, -0.15) is 4.72 Å². The Morgan fingerprint density at radius 2 is 1.94 bits per heavy atom. The predicted octanol–water partition coefficient (Wildman–Crippen LogP) is 1.05. The molecule has 2 N–H and O–H groups in total. The molecule has 6 heteroatoms. The van der Waals surface area contributed by atoms with Crippen molar-refractivity contribution in [3.8, 4) is 0 Å². The number of carboxylic acids is 1. The third-order valence-electron chi connectivity index (χ3n) is 2.32. The van der Waals surface area contributed by atoms with Crippen LogP contribution in [-0.2, 0) is 14.8 Å². The second kappa shape index (κ2) is 4.85. The molecule has 0 saturated carbocycles. The highest BCUT2D eigenvalue weighted by Crippen LogP contribution is 2.16. The molecule has 0 aliphatic heterocycles. The number of aryl methyl sites for hydroxylation is 2. The smallest absolute Gasteiger partial charge is 0.321 e. The Bertz CT molecular complexity index is 536. The first-order valence-corrected chi connectivity index (χ1v) is 6.55. The number of carbonyl (C=O) groups is 1. The Hall–Kier alpha value is -1.40. The van der Waals surface area contributed by atoms with Gasteiger partial charge in [-0.3, -0.25) is 4.79 Å². The molecule has 1 atom stereocenters. The monoisotopic (exact) mass is 257 g/mol. The molecule has 94 valence electrons. The molecule has 1 rings (SSSR count). The summed E-state index contributed by atoms with van der Waals surface area (Å²) in [7, 11) is -3.78. The number of rotatable bonds is 4. The van der Waals surface area contributed by atoms with Gasteiger partial charge in [0.25, 0.3) is 0 Å². The standard InChI is InChI=1S/C11H15NO4S/c1-7-4-5-10(8(2)6-7)17(15,16)12-9(3)11(13)14/h4-6,9,12H,1-3H3,(H,13,14)/t9-/m0/s1. The maximum atomic E-state index is 11.9. The molecule has 17 heavy (non-hydrogen) atoms. The highest BCUT2D eigenvalue weighted by Gasteiger charge is 2.22. The first-order chi connectivity index (χ1) is 7.74. The van der Waals surface area contributed by atoms with Crippen LogP contribution in [0.5, 0.6) is 0 Å². The van der Waals surface area contributed by atoms with Crippen LogP contribution in [0, 0.1) is 13.8 Å². The Morgan fingerprint density at radius 1 is 1.35 bits per heavy atom. The summed E-state index contributed by atoms with van der Waals surface area (Å²) in [6.45, 7) is 4.81. The van der Waals surface area contributed by atoms with Crippen LogP contribution < -0.4 is 4.72 Å². The molecular formula is C11H15NO4S. The first kappa shape index (κ1) is 13.7. The lowest BCUT2D eigenvalue weighted by Gasteiger charge is -2.12. The van der Waals surface area contributed by atoms with Crippen molar-refractivity contribution in [3.05, 3.63) is 29.3 Å². The van der Waals surface area contributed by atoms with Gasteiger partial charge in [-0.05, 0) is 32.4 Å². The third-order valence-corrected chi connectivity index (χ3v) is 4.02. The summed E-state index contributed by atoms with van der Waals surface area (Å²) in [6.07, 6.45) is 0. The van der Waals surface area contributed by atoms with E-state index in [0.29, 0.717) is 5.56 Å². The van der Waals surface area contributed by atoms with Crippen LogP contribution in [0.1, 0.15) is 18.1 Å². The lowest BCUT2D eigenvalue weighted by molar-refractivity contribution is -0.138.